The highest BCUT2D eigenvalue weighted by Crippen LogP contribution is 2.58. The molecule has 2 unspecified atom stereocenters. The van der Waals surface area contributed by atoms with Gasteiger partial charge in [-0.3, -0.25) is 14.1 Å². The number of methoxy groups -OCH3 is 1. The predicted molar refractivity (Wildman–Crippen MR) is 159 cm³/mol. The third-order valence-electron chi connectivity index (χ3n) is 8.27. The highest BCUT2D eigenvalue weighted by atomic mass is 79.9. The average molecular weight is 736 g/mol. The molecular weight excluding hydrogens is 710 g/mol. The van der Waals surface area contributed by atoms with Crippen LogP contribution < -0.4 is 19.1 Å². The summed E-state index contributed by atoms with van der Waals surface area (Å²) >= 11 is 9.46. The minimum atomic E-state index is -5.28. The van der Waals surface area contributed by atoms with Gasteiger partial charge in [0.25, 0.3) is 15.9 Å². The fraction of sp³-hybridized carbons (Fsp3) is 0.310. The Hall–Kier alpha value is -3.40. The fourth-order valence-electron chi connectivity index (χ4n) is 6.55. The smallest absolute Gasteiger partial charge is 0.496 e. The molecule has 240 valence electrons. The van der Waals surface area contributed by atoms with Crippen LogP contribution in [0.2, 0.25) is 5.02 Å². The van der Waals surface area contributed by atoms with E-state index in [1.807, 2.05) is 0 Å². The molecular formula is C29H26BrClF4N3O6S+. The van der Waals surface area contributed by atoms with Crippen molar-refractivity contribution in [2.45, 2.75) is 35.4 Å². The number of likely N-dealkylation sites (tertiary alicyclic amines) is 1. The lowest BCUT2D eigenvalue weighted by molar-refractivity contribution is -0.953. The zero-order valence-electron chi connectivity index (χ0n) is 23.9. The van der Waals surface area contributed by atoms with Crippen LogP contribution in [0.4, 0.5) is 23.2 Å². The zero-order chi connectivity index (χ0) is 33.1. The Kier molecular flexibility index (Phi) is 8.38. The maximum atomic E-state index is 15.5. The molecule has 2 aliphatic heterocycles. The number of ether oxygens (including phenoxy) is 2. The molecule has 0 aromatic heterocycles. The van der Waals surface area contributed by atoms with E-state index in [0.29, 0.717) is 4.31 Å². The number of likely N-dealkylation sites (N-methyl/N-ethyl adjacent to an activating group) is 2. The van der Waals surface area contributed by atoms with Gasteiger partial charge in [-0.1, -0.05) is 39.7 Å². The average Bonchev–Trinajstić information content (AvgIpc) is 3.42. The highest BCUT2D eigenvalue weighted by Gasteiger charge is 2.72. The zero-order valence-corrected chi connectivity index (χ0v) is 27.0. The van der Waals surface area contributed by atoms with Gasteiger partial charge in [-0.15, -0.1) is 13.2 Å². The summed E-state index contributed by atoms with van der Waals surface area (Å²) in [5, 5.41) is 2.58. The van der Waals surface area contributed by atoms with Crippen molar-refractivity contribution in [1.29, 1.82) is 0 Å². The largest absolute Gasteiger partial charge is 0.573 e. The van der Waals surface area contributed by atoms with Gasteiger partial charge in [-0.25, -0.2) is 12.8 Å². The number of nitrogens with one attached hydrogen (secondary N) is 1. The van der Waals surface area contributed by atoms with Crippen LogP contribution in [0.1, 0.15) is 17.5 Å². The fourth-order valence-corrected chi connectivity index (χ4v) is 8.62. The number of quaternary nitrogens is 1. The standard InChI is InChI=1S/C29H25BrClF4N3O6S/c1-36-26(39)22-14-18(32)15-38(22,2)28(19-6-4-5-7-23(19)43-3)20-13-17(31)9-10-21(20)37(27(28)40)45(41,42)25-11-8-16(30)12-24(25)44-29(33,34)35/h4-13,18,22H,14-15H2,1-3H3/p+1/t18-,22+,28?,38?/m1/s1. The quantitative estimate of drug-likeness (QED) is 0.262. The summed E-state index contributed by atoms with van der Waals surface area (Å²) in [6, 6.07) is 11.7. The molecule has 5 rings (SSSR count). The van der Waals surface area contributed by atoms with Crippen LogP contribution >= 0.6 is 27.5 Å². The van der Waals surface area contributed by atoms with E-state index in [2.05, 4.69) is 26.0 Å². The number of hydrogen-bond acceptors (Lipinski definition) is 6. The van der Waals surface area contributed by atoms with Crippen molar-refractivity contribution in [2.24, 2.45) is 0 Å². The lowest BCUT2D eigenvalue weighted by Crippen LogP contribution is -2.69. The van der Waals surface area contributed by atoms with Gasteiger partial charge in [0.2, 0.25) is 5.54 Å². The second-order valence-electron chi connectivity index (χ2n) is 10.7. The second-order valence-corrected chi connectivity index (χ2v) is 13.8. The lowest BCUT2D eigenvalue weighted by Gasteiger charge is -2.48. The third kappa shape index (κ3) is 5.13. The first-order chi connectivity index (χ1) is 21.0. The minimum absolute atomic E-state index is 0.0195. The molecule has 0 spiro atoms. The van der Waals surface area contributed by atoms with E-state index in [1.165, 1.54) is 57.6 Å². The Balaban J connectivity index is 1.89. The Morgan fingerprint density at radius 3 is 2.44 bits per heavy atom. The number of para-hydroxylation sites is 1. The molecule has 2 heterocycles. The maximum Gasteiger partial charge on any atom is 0.573 e. The van der Waals surface area contributed by atoms with Crippen molar-refractivity contribution < 1.29 is 49.5 Å². The molecule has 16 heteroatoms. The Labute approximate surface area is 269 Å². The van der Waals surface area contributed by atoms with E-state index in [0.717, 1.165) is 12.1 Å². The number of halogens is 6. The SMILES string of the molecule is CNC(=O)[C@@H]1C[C@@H](F)C[N+]1(C)C1(c2ccccc2OC)C(=O)N(S(=O)(=O)c2ccc(Br)cc2OC(F)(F)F)c2ccc(Cl)cc21. The van der Waals surface area contributed by atoms with Crippen LogP contribution in [-0.2, 0) is 25.2 Å². The molecule has 0 bridgehead atoms. The normalized spacial score (nSPS) is 24.8. The summed E-state index contributed by atoms with van der Waals surface area (Å²) in [5.74, 6) is -2.78. The van der Waals surface area contributed by atoms with Crippen LogP contribution in [0.25, 0.3) is 0 Å². The molecule has 4 atom stereocenters. The summed E-state index contributed by atoms with van der Waals surface area (Å²) in [4.78, 5) is 27.6. The van der Waals surface area contributed by atoms with E-state index in [9.17, 15) is 26.4 Å². The molecule has 2 aliphatic rings. The van der Waals surface area contributed by atoms with E-state index < -0.39 is 67.6 Å². The van der Waals surface area contributed by atoms with Gasteiger partial charge in [-0.05, 0) is 48.5 Å². The predicted octanol–water partition coefficient (Wildman–Crippen LogP) is 5.29. The lowest BCUT2D eigenvalue weighted by atomic mass is 9.78. The number of fused-ring (bicyclic) bond motifs is 1. The summed E-state index contributed by atoms with van der Waals surface area (Å²) in [5.41, 5.74) is -2.38. The Morgan fingerprint density at radius 2 is 1.80 bits per heavy atom. The van der Waals surface area contributed by atoms with E-state index in [1.54, 1.807) is 12.1 Å². The van der Waals surface area contributed by atoms with Gasteiger partial charge in [0.1, 0.15) is 17.2 Å². The molecule has 1 saturated heterocycles. The number of sulfonamides is 1. The molecule has 0 radical (unpaired) electrons. The number of hydrogen-bond donors (Lipinski definition) is 1. The van der Waals surface area contributed by atoms with Crippen LogP contribution in [0.5, 0.6) is 11.5 Å². The number of anilines is 1. The van der Waals surface area contributed by atoms with E-state index >= 15 is 9.18 Å². The third-order valence-corrected chi connectivity index (χ3v) is 10.7. The first kappa shape index (κ1) is 33.0. The number of carbonyl (C=O) groups excluding carboxylic acids is 2. The molecule has 1 N–H and O–H groups in total. The van der Waals surface area contributed by atoms with E-state index in [-0.39, 0.29) is 38.5 Å². The van der Waals surface area contributed by atoms with Crippen molar-refractivity contribution in [3.05, 3.63) is 81.3 Å². The minimum Gasteiger partial charge on any atom is -0.496 e. The van der Waals surface area contributed by atoms with Crippen molar-refractivity contribution in [3.8, 4) is 11.5 Å². The van der Waals surface area contributed by atoms with Crippen molar-refractivity contribution in [2.75, 3.05) is 32.1 Å². The summed E-state index contributed by atoms with van der Waals surface area (Å²) < 4.78 is 94.2. The van der Waals surface area contributed by atoms with Crippen molar-refractivity contribution in [3.63, 3.8) is 0 Å². The topological polar surface area (TPSA) is 102 Å². The van der Waals surface area contributed by atoms with E-state index in [4.69, 9.17) is 16.3 Å². The van der Waals surface area contributed by atoms with Gasteiger partial charge in [0.05, 0.1) is 31.0 Å². The number of nitrogens with zero attached hydrogens (tertiary/aromatic N) is 2. The first-order valence-electron chi connectivity index (χ1n) is 13.3. The number of rotatable bonds is 7. The summed E-state index contributed by atoms with van der Waals surface area (Å²) in [6.07, 6.45) is -7.18. The number of amides is 2. The van der Waals surface area contributed by atoms with Crippen molar-refractivity contribution >= 4 is 55.1 Å². The summed E-state index contributed by atoms with van der Waals surface area (Å²) in [6.45, 7) is -0.414. The van der Waals surface area contributed by atoms with Gasteiger partial charge >= 0.3 is 12.3 Å². The second kappa shape index (κ2) is 11.4. The molecule has 9 nitrogen and oxygen atoms in total. The van der Waals surface area contributed by atoms with Crippen LogP contribution in [-0.4, -0.2) is 71.0 Å². The molecule has 0 saturated carbocycles. The van der Waals surface area contributed by atoms with Gasteiger partial charge in [-0.2, -0.15) is 4.31 Å². The maximum absolute atomic E-state index is 15.5. The monoisotopic (exact) mass is 734 g/mol. The number of benzene rings is 3. The van der Waals surface area contributed by atoms with Crippen LogP contribution in [0.15, 0.2) is 70.0 Å². The highest BCUT2D eigenvalue weighted by molar-refractivity contribution is 9.10. The number of alkyl halides is 4. The summed E-state index contributed by atoms with van der Waals surface area (Å²) in [7, 11) is -1.07. The van der Waals surface area contributed by atoms with Gasteiger partial charge in [0, 0.05) is 23.0 Å². The van der Waals surface area contributed by atoms with Gasteiger partial charge < -0.3 is 14.8 Å². The Bertz CT molecular complexity index is 1810. The van der Waals surface area contributed by atoms with Crippen LogP contribution in [0, 0.1) is 0 Å². The van der Waals surface area contributed by atoms with Gasteiger partial charge in [0.15, 0.2) is 18.0 Å². The molecule has 3 aromatic carbocycles. The Morgan fingerprint density at radius 1 is 1.11 bits per heavy atom. The first-order valence-corrected chi connectivity index (χ1v) is 15.9. The molecule has 0 aliphatic carbocycles. The number of carbonyl (C=O) groups is 2. The molecule has 45 heavy (non-hydrogen) atoms. The molecule has 1 fully saturated rings. The van der Waals surface area contributed by atoms with Crippen LogP contribution in [0.3, 0.4) is 0 Å². The molecule has 3 aromatic rings. The van der Waals surface area contributed by atoms with Crippen molar-refractivity contribution in [1.82, 2.24) is 5.32 Å². The molecule has 2 amide bonds.